The van der Waals surface area contributed by atoms with E-state index >= 15 is 0 Å². The van der Waals surface area contributed by atoms with Crippen LogP contribution in [-0.4, -0.2) is 32.5 Å². The van der Waals surface area contributed by atoms with Crippen molar-refractivity contribution in [2.45, 2.75) is 32.9 Å². The second-order valence-electron chi connectivity index (χ2n) is 5.33. The van der Waals surface area contributed by atoms with Gasteiger partial charge in [-0.05, 0) is 32.9 Å². The largest absolute Gasteiger partial charge is 0.491 e. The van der Waals surface area contributed by atoms with Gasteiger partial charge in [-0.15, -0.1) is 5.10 Å². The van der Waals surface area contributed by atoms with Crippen molar-refractivity contribution in [3.05, 3.63) is 41.7 Å². The number of rotatable bonds is 6. The number of para-hydroxylation sites is 1. The van der Waals surface area contributed by atoms with Gasteiger partial charge in [-0.3, -0.25) is 4.79 Å². The molecule has 0 amide bonds. The molecule has 2 aromatic rings. The summed E-state index contributed by atoms with van der Waals surface area (Å²) < 4.78 is 7.23. The normalized spacial score (nSPS) is 11.4. The van der Waals surface area contributed by atoms with E-state index in [4.69, 9.17) is 4.74 Å². The Morgan fingerprint density at radius 3 is 2.71 bits per heavy atom. The van der Waals surface area contributed by atoms with Crippen LogP contribution in [0.2, 0.25) is 0 Å². The van der Waals surface area contributed by atoms with Crippen LogP contribution in [0.25, 0.3) is 0 Å². The molecule has 0 aliphatic rings. The number of nitrogens with zero attached hydrogens (tertiary/aromatic N) is 3. The minimum Gasteiger partial charge on any atom is -0.491 e. The first-order valence-electron chi connectivity index (χ1n) is 6.73. The van der Waals surface area contributed by atoms with E-state index in [2.05, 4.69) is 10.3 Å². The third-order valence-electron chi connectivity index (χ3n) is 3.01. The van der Waals surface area contributed by atoms with Crippen molar-refractivity contribution in [1.82, 2.24) is 15.0 Å². The SMILES string of the molecule is CC(=O)c1ccccc1OCCn1cc(C(C)(C)O)nn1. The van der Waals surface area contributed by atoms with E-state index in [1.54, 1.807) is 42.9 Å². The molecule has 0 aliphatic heterocycles. The first-order chi connectivity index (χ1) is 9.88. The minimum absolute atomic E-state index is 0.0318. The van der Waals surface area contributed by atoms with Crippen molar-refractivity contribution in [2.75, 3.05) is 6.61 Å². The molecule has 0 aliphatic carbocycles. The third-order valence-corrected chi connectivity index (χ3v) is 3.01. The van der Waals surface area contributed by atoms with Crippen LogP contribution < -0.4 is 4.74 Å². The molecule has 1 aromatic heterocycles. The molecule has 0 saturated carbocycles. The number of hydrogen-bond donors (Lipinski definition) is 1. The second kappa shape index (κ2) is 6.05. The highest BCUT2D eigenvalue weighted by molar-refractivity contribution is 5.96. The quantitative estimate of drug-likeness (QED) is 0.820. The van der Waals surface area contributed by atoms with E-state index in [-0.39, 0.29) is 5.78 Å². The Balaban J connectivity index is 1.96. The zero-order valence-electron chi connectivity index (χ0n) is 12.4. The average Bonchev–Trinajstić information content (AvgIpc) is 2.88. The second-order valence-corrected chi connectivity index (χ2v) is 5.33. The van der Waals surface area contributed by atoms with Crippen molar-refractivity contribution >= 4 is 5.78 Å². The number of carbonyl (C=O) groups excluding carboxylic acids is 1. The fourth-order valence-corrected chi connectivity index (χ4v) is 1.82. The molecule has 0 saturated heterocycles. The van der Waals surface area contributed by atoms with Crippen LogP contribution in [-0.2, 0) is 12.1 Å². The number of ether oxygens (including phenoxy) is 1. The Morgan fingerprint density at radius 2 is 2.10 bits per heavy atom. The predicted molar refractivity (Wildman–Crippen MR) is 77.2 cm³/mol. The number of ketones is 1. The van der Waals surface area contributed by atoms with Gasteiger partial charge in [-0.2, -0.15) is 0 Å². The summed E-state index contributed by atoms with van der Waals surface area (Å²) in [6, 6.07) is 7.13. The van der Waals surface area contributed by atoms with Crippen LogP contribution in [0.5, 0.6) is 5.75 Å². The highest BCUT2D eigenvalue weighted by Gasteiger charge is 2.19. The maximum Gasteiger partial charge on any atom is 0.163 e. The summed E-state index contributed by atoms with van der Waals surface area (Å²) in [5, 5.41) is 17.7. The maximum absolute atomic E-state index is 11.5. The molecule has 6 nitrogen and oxygen atoms in total. The van der Waals surface area contributed by atoms with Crippen molar-refractivity contribution < 1.29 is 14.6 Å². The summed E-state index contributed by atoms with van der Waals surface area (Å²) in [5.74, 6) is 0.531. The molecule has 6 heteroatoms. The van der Waals surface area contributed by atoms with Gasteiger partial charge in [0.2, 0.25) is 0 Å². The first-order valence-corrected chi connectivity index (χ1v) is 6.73. The van der Waals surface area contributed by atoms with Gasteiger partial charge in [-0.1, -0.05) is 17.3 Å². The Bertz CT molecular complexity index is 629. The van der Waals surface area contributed by atoms with Crippen molar-refractivity contribution in [3.8, 4) is 5.75 Å². The first kappa shape index (κ1) is 15.2. The molecule has 0 atom stereocenters. The molecule has 1 N–H and O–H groups in total. The molecule has 1 heterocycles. The molecular formula is C15H19N3O3. The third kappa shape index (κ3) is 3.88. The topological polar surface area (TPSA) is 77.2 Å². The Morgan fingerprint density at radius 1 is 1.38 bits per heavy atom. The highest BCUT2D eigenvalue weighted by atomic mass is 16.5. The molecule has 0 unspecified atom stereocenters. The number of hydrogen-bond acceptors (Lipinski definition) is 5. The van der Waals surface area contributed by atoms with Crippen LogP contribution >= 0.6 is 0 Å². The minimum atomic E-state index is -1.01. The lowest BCUT2D eigenvalue weighted by molar-refractivity contribution is 0.0737. The smallest absolute Gasteiger partial charge is 0.163 e. The summed E-state index contributed by atoms with van der Waals surface area (Å²) in [7, 11) is 0. The number of Topliss-reactive ketones (excluding diaryl/α,β-unsaturated/α-hetero) is 1. The van der Waals surface area contributed by atoms with Gasteiger partial charge in [0.25, 0.3) is 0 Å². The van der Waals surface area contributed by atoms with E-state index in [9.17, 15) is 9.90 Å². The monoisotopic (exact) mass is 289 g/mol. The lowest BCUT2D eigenvalue weighted by Crippen LogP contribution is -2.16. The molecule has 0 bridgehead atoms. The Hall–Kier alpha value is -2.21. The Labute approximate surface area is 123 Å². The number of carbonyl (C=O) groups is 1. The van der Waals surface area contributed by atoms with Crippen molar-refractivity contribution in [3.63, 3.8) is 0 Å². The van der Waals surface area contributed by atoms with E-state index in [0.29, 0.717) is 30.2 Å². The zero-order valence-corrected chi connectivity index (χ0v) is 12.4. The molecule has 112 valence electrons. The lowest BCUT2D eigenvalue weighted by atomic mass is 10.1. The number of aromatic nitrogens is 3. The molecule has 1 aromatic carbocycles. The fourth-order valence-electron chi connectivity index (χ4n) is 1.82. The summed E-state index contributed by atoms with van der Waals surface area (Å²) in [5.41, 5.74) is 0.0558. The van der Waals surface area contributed by atoms with Gasteiger partial charge in [0.1, 0.15) is 23.7 Å². The number of benzene rings is 1. The van der Waals surface area contributed by atoms with Gasteiger partial charge in [0.15, 0.2) is 5.78 Å². The summed E-state index contributed by atoms with van der Waals surface area (Å²) >= 11 is 0. The van der Waals surface area contributed by atoms with Crippen LogP contribution in [0.15, 0.2) is 30.5 Å². The molecular weight excluding hydrogens is 270 g/mol. The summed E-state index contributed by atoms with van der Waals surface area (Å²) in [6.45, 7) is 5.66. The van der Waals surface area contributed by atoms with Crippen molar-refractivity contribution in [2.24, 2.45) is 0 Å². The summed E-state index contributed by atoms with van der Waals surface area (Å²) in [6.07, 6.45) is 1.68. The average molecular weight is 289 g/mol. The van der Waals surface area contributed by atoms with Crippen LogP contribution in [0.4, 0.5) is 0 Å². The van der Waals surface area contributed by atoms with Crippen LogP contribution in [0.1, 0.15) is 36.8 Å². The van der Waals surface area contributed by atoms with E-state index in [1.807, 2.05) is 6.07 Å². The zero-order chi connectivity index (χ0) is 15.5. The lowest BCUT2D eigenvalue weighted by Gasteiger charge is -2.12. The molecule has 0 spiro atoms. The van der Waals surface area contributed by atoms with E-state index in [0.717, 1.165) is 0 Å². The Kier molecular flexibility index (Phi) is 4.37. The summed E-state index contributed by atoms with van der Waals surface area (Å²) in [4.78, 5) is 11.5. The number of aliphatic hydroxyl groups is 1. The maximum atomic E-state index is 11.5. The predicted octanol–water partition coefficient (Wildman–Crippen LogP) is 1.79. The van der Waals surface area contributed by atoms with Crippen LogP contribution in [0, 0.1) is 0 Å². The van der Waals surface area contributed by atoms with E-state index in [1.165, 1.54) is 6.92 Å². The highest BCUT2D eigenvalue weighted by Crippen LogP contribution is 2.18. The van der Waals surface area contributed by atoms with Gasteiger partial charge >= 0.3 is 0 Å². The van der Waals surface area contributed by atoms with Crippen molar-refractivity contribution in [1.29, 1.82) is 0 Å². The van der Waals surface area contributed by atoms with Gasteiger partial charge in [0, 0.05) is 0 Å². The standard InChI is InChI=1S/C15H19N3O3/c1-11(19)12-6-4-5-7-13(12)21-9-8-18-10-14(16-17-18)15(2,3)20/h4-7,10,20H,8-9H2,1-3H3. The van der Waals surface area contributed by atoms with Crippen LogP contribution in [0.3, 0.4) is 0 Å². The molecule has 2 rings (SSSR count). The molecule has 21 heavy (non-hydrogen) atoms. The molecule has 0 radical (unpaired) electrons. The van der Waals surface area contributed by atoms with Gasteiger partial charge < -0.3 is 9.84 Å². The van der Waals surface area contributed by atoms with Gasteiger partial charge in [-0.25, -0.2) is 4.68 Å². The van der Waals surface area contributed by atoms with E-state index < -0.39 is 5.60 Å². The molecule has 0 fully saturated rings. The fraction of sp³-hybridized carbons (Fsp3) is 0.400. The van der Waals surface area contributed by atoms with Gasteiger partial charge in [0.05, 0.1) is 18.3 Å².